The van der Waals surface area contributed by atoms with Gasteiger partial charge in [-0.3, -0.25) is 0 Å². The maximum Gasteiger partial charge on any atom is 0.166 e. The van der Waals surface area contributed by atoms with Crippen LogP contribution >= 0.6 is 0 Å². The van der Waals surface area contributed by atoms with E-state index < -0.39 is 11.6 Å². The minimum absolute atomic E-state index is 0.0152. The highest BCUT2D eigenvalue weighted by Crippen LogP contribution is 2.31. The maximum atomic E-state index is 14.8. The summed E-state index contributed by atoms with van der Waals surface area (Å²) in [5, 5.41) is 0. The normalized spacial score (nSPS) is 12.3. The summed E-state index contributed by atoms with van der Waals surface area (Å²) in [6.07, 6.45) is 15.3. The fourth-order valence-corrected chi connectivity index (χ4v) is 4.34. The van der Waals surface area contributed by atoms with E-state index in [-0.39, 0.29) is 11.4 Å². The van der Waals surface area contributed by atoms with E-state index in [2.05, 4.69) is 23.1 Å². The molecule has 0 bridgehead atoms. The summed E-state index contributed by atoms with van der Waals surface area (Å²) in [7, 11) is 0. The number of hydrogen-bond donors (Lipinski definition) is 0. The molecule has 0 spiro atoms. The molecule has 0 fully saturated rings. The smallest absolute Gasteiger partial charge is 0.166 e. The molecule has 0 aliphatic rings. The van der Waals surface area contributed by atoms with E-state index in [4.69, 9.17) is 0 Å². The van der Waals surface area contributed by atoms with E-state index in [9.17, 15) is 8.78 Å². The third-order valence-corrected chi connectivity index (χ3v) is 6.23. The minimum atomic E-state index is -0.718. The number of benzene rings is 3. The van der Waals surface area contributed by atoms with Crippen molar-refractivity contribution in [2.45, 2.75) is 13.8 Å². The number of aromatic nitrogens is 2. The van der Waals surface area contributed by atoms with E-state index in [0.29, 0.717) is 11.4 Å². The number of nitrogens with zero attached hydrogens (tertiary/aromatic N) is 2. The fourth-order valence-electron chi connectivity index (χ4n) is 4.34. The van der Waals surface area contributed by atoms with Crippen molar-refractivity contribution >= 4 is 11.1 Å². The molecular weight excluding hydrogens is 498 g/mol. The molecule has 0 amide bonds. The van der Waals surface area contributed by atoms with E-state index in [1.165, 1.54) is 18.2 Å². The molecule has 2 nitrogen and oxygen atoms in total. The van der Waals surface area contributed by atoms with Crippen LogP contribution in [0.15, 0.2) is 135 Å². The van der Waals surface area contributed by atoms with Crippen molar-refractivity contribution in [2.75, 3.05) is 0 Å². The van der Waals surface area contributed by atoms with Crippen LogP contribution in [0.5, 0.6) is 0 Å². The lowest BCUT2D eigenvalue weighted by molar-refractivity contribution is 0.587. The van der Waals surface area contributed by atoms with Crippen LogP contribution in [0.3, 0.4) is 0 Å². The lowest BCUT2D eigenvalue weighted by atomic mass is 9.99. The van der Waals surface area contributed by atoms with Gasteiger partial charge in [0.25, 0.3) is 0 Å². The van der Waals surface area contributed by atoms with Crippen LogP contribution in [0.25, 0.3) is 45.0 Å². The van der Waals surface area contributed by atoms with Crippen LogP contribution in [0.4, 0.5) is 8.78 Å². The van der Waals surface area contributed by atoms with E-state index in [1.54, 1.807) is 12.2 Å². The van der Waals surface area contributed by atoms with Crippen molar-refractivity contribution in [3.63, 3.8) is 0 Å². The predicted molar refractivity (Wildman–Crippen MR) is 164 cm³/mol. The van der Waals surface area contributed by atoms with Crippen molar-refractivity contribution in [3.8, 4) is 33.9 Å². The monoisotopic (exact) mass is 528 g/mol. The van der Waals surface area contributed by atoms with E-state index in [0.717, 1.165) is 33.4 Å². The molecular formula is C36H30F2N2. The van der Waals surface area contributed by atoms with Crippen molar-refractivity contribution in [1.82, 2.24) is 9.97 Å². The summed E-state index contributed by atoms with van der Waals surface area (Å²) in [6.45, 7) is 11.5. The van der Waals surface area contributed by atoms with Gasteiger partial charge in [-0.15, -0.1) is 0 Å². The lowest BCUT2D eigenvalue weighted by Gasteiger charge is -2.12. The second-order valence-corrected chi connectivity index (χ2v) is 8.93. The van der Waals surface area contributed by atoms with Crippen LogP contribution in [-0.2, 0) is 0 Å². The molecule has 0 unspecified atom stereocenters. The second-order valence-electron chi connectivity index (χ2n) is 8.93. The summed E-state index contributed by atoms with van der Waals surface area (Å²) in [4.78, 5) is 9.20. The summed E-state index contributed by atoms with van der Waals surface area (Å²) in [5.41, 5.74) is 6.50. The summed E-state index contributed by atoms with van der Waals surface area (Å²) >= 11 is 0. The molecule has 4 aromatic rings. The number of hydrogen-bond acceptors (Lipinski definition) is 2. The Morgan fingerprint density at radius 2 is 1.07 bits per heavy atom. The average molecular weight is 529 g/mol. The van der Waals surface area contributed by atoms with Gasteiger partial charge in [0.15, 0.2) is 5.82 Å². The largest absolute Gasteiger partial charge is 0.228 e. The zero-order valence-electron chi connectivity index (χ0n) is 22.6. The Kier molecular flexibility index (Phi) is 9.27. The Balaban J connectivity index is 1.85. The third-order valence-electron chi connectivity index (χ3n) is 6.23. The number of allylic oxidation sites excluding steroid dienone is 10. The van der Waals surface area contributed by atoms with Crippen molar-refractivity contribution in [3.05, 3.63) is 157 Å². The van der Waals surface area contributed by atoms with Crippen molar-refractivity contribution in [1.29, 1.82) is 0 Å². The molecule has 40 heavy (non-hydrogen) atoms. The topological polar surface area (TPSA) is 25.8 Å². The summed E-state index contributed by atoms with van der Waals surface area (Å²) in [6, 6.07) is 21.3. The van der Waals surface area contributed by atoms with Crippen LogP contribution in [-0.4, -0.2) is 9.97 Å². The van der Waals surface area contributed by atoms with Gasteiger partial charge in [-0.1, -0.05) is 116 Å². The lowest BCUT2D eigenvalue weighted by Crippen LogP contribution is -2.00. The summed E-state index contributed by atoms with van der Waals surface area (Å²) < 4.78 is 29.6. The molecule has 0 saturated carbocycles. The highest BCUT2D eigenvalue weighted by molar-refractivity contribution is 5.79. The SMILES string of the molecule is C=C/C=C(\C=C/C)c1ccc(-c2cc(-c3ccc(C(/C=C\C)=C/C=C)cc3)nc(-c3c(F)cccc3F)n2)cc1. The molecule has 1 aromatic heterocycles. The van der Waals surface area contributed by atoms with Crippen molar-refractivity contribution < 1.29 is 8.78 Å². The molecule has 4 rings (SSSR count). The second kappa shape index (κ2) is 13.2. The number of halogens is 2. The van der Waals surface area contributed by atoms with Crippen LogP contribution in [0.1, 0.15) is 25.0 Å². The average Bonchev–Trinajstić information content (AvgIpc) is 2.97. The molecule has 0 aliphatic heterocycles. The van der Waals surface area contributed by atoms with Crippen LogP contribution < -0.4 is 0 Å². The molecule has 0 aliphatic carbocycles. The first-order valence-corrected chi connectivity index (χ1v) is 12.9. The third kappa shape index (κ3) is 6.36. The Morgan fingerprint density at radius 3 is 1.45 bits per heavy atom. The molecule has 3 aromatic carbocycles. The zero-order chi connectivity index (χ0) is 28.5. The van der Waals surface area contributed by atoms with Gasteiger partial charge in [0.05, 0.1) is 17.0 Å². The van der Waals surface area contributed by atoms with Gasteiger partial charge in [0.1, 0.15) is 11.6 Å². The van der Waals surface area contributed by atoms with Gasteiger partial charge in [-0.2, -0.15) is 0 Å². The van der Waals surface area contributed by atoms with Crippen molar-refractivity contribution in [2.24, 2.45) is 0 Å². The van der Waals surface area contributed by atoms with Gasteiger partial charge < -0.3 is 0 Å². The molecule has 1 heterocycles. The van der Waals surface area contributed by atoms with Gasteiger partial charge in [0.2, 0.25) is 0 Å². The maximum absolute atomic E-state index is 14.8. The Morgan fingerprint density at radius 1 is 0.650 bits per heavy atom. The quantitative estimate of drug-likeness (QED) is 0.202. The first-order valence-electron chi connectivity index (χ1n) is 12.9. The molecule has 0 radical (unpaired) electrons. The molecule has 0 saturated heterocycles. The molecule has 4 heteroatoms. The molecule has 0 N–H and O–H groups in total. The van der Waals surface area contributed by atoms with E-state index in [1.807, 2.05) is 105 Å². The summed E-state index contributed by atoms with van der Waals surface area (Å²) in [5.74, 6) is -1.45. The first-order chi connectivity index (χ1) is 19.5. The predicted octanol–water partition coefficient (Wildman–Crippen LogP) is 10.0. The van der Waals surface area contributed by atoms with Gasteiger partial charge in [0, 0.05) is 11.1 Å². The highest BCUT2D eigenvalue weighted by atomic mass is 19.1. The van der Waals surface area contributed by atoms with Gasteiger partial charge in [-0.25, -0.2) is 18.7 Å². The van der Waals surface area contributed by atoms with Crippen LogP contribution in [0, 0.1) is 11.6 Å². The van der Waals surface area contributed by atoms with E-state index >= 15 is 0 Å². The first kappa shape index (κ1) is 28.1. The number of rotatable bonds is 9. The van der Waals surface area contributed by atoms with Gasteiger partial charge >= 0.3 is 0 Å². The molecule has 0 atom stereocenters. The molecule has 198 valence electrons. The highest BCUT2D eigenvalue weighted by Gasteiger charge is 2.17. The Bertz CT molecular complexity index is 1520. The Hall–Kier alpha value is -4.96. The van der Waals surface area contributed by atoms with Crippen LogP contribution in [0.2, 0.25) is 0 Å². The zero-order valence-corrected chi connectivity index (χ0v) is 22.6. The van der Waals surface area contributed by atoms with Gasteiger partial charge in [-0.05, 0) is 54.3 Å². The minimum Gasteiger partial charge on any atom is -0.228 e. The Labute approximate surface area is 234 Å². The standard InChI is InChI=1S/C36H30F2N2/c1-5-10-25(11-6-2)27-16-20-29(21-17-27)33-24-34(40-36(39-33)35-31(37)14-9-15-32(35)38)30-22-18-28(19-23-30)26(12-7-3)13-8-4/h5-24H,1,3H2,2,4H3/b11-6-,13-8-,25-10+,26-12+. The fraction of sp³-hybridized carbons (Fsp3) is 0.0556.